The second-order valence-electron chi connectivity index (χ2n) is 1.42. The monoisotopic (exact) mass is 164 g/mol. The highest BCUT2D eigenvalue weighted by Gasteiger charge is 1.81. The molecule has 0 atom stereocenters. The topological polar surface area (TPSA) is 26.0 Å². The van der Waals surface area contributed by atoms with Crippen LogP contribution in [-0.4, -0.2) is 5.33 Å². The molecule has 0 amide bonds. The maximum absolute atomic E-state index is 5.13. The smallest absolute Gasteiger partial charge is 0.0192 e. The van der Waals surface area contributed by atoms with Gasteiger partial charge >= 0.3 is 0 Å². The van der Waals surface area contributed by atoms with E-state index in [-0.39, 0.29) is 0 Å². The standard InChI is InChI=1S/C5H11BrN/c6-4-2-1-3-5-7/h5H,1-4,7H2. The summed E-state index contributed by atoms with van der Waals surface area (Å²) in [4.78, 5) is 0. The van der Waals surface area contributed by atoms with Crippen molar-refractivity contribution < 1.29 is 0 Å². The average Bonchev–Trinajstić information content (AvgIpc) is 1.69. The number of nitrogens with two attached hydrogens (primary N) is 1. The van der Waals surface area contributed by atoms with E-state index in [1.54, 1.807) is 6.54 Å². The molecular weight excluding hydrogens is 154 g/mol. The fourth-order valence-electron chi connectivity index (χ4n) is 0.357. The SMILES string of the molecule is N[CH]CCCCBr. The van der Waals surface area contributed by atoms with E-state index in [9.17, 15) is 0 Å². The van der Waals surface area contributed by atoms with Crippen LogP contribution in [0.4, 0.5) is 0 Å². The van der Waals surface area contributed by atoms with E-state index < -0.39 is 0 Å². The lowest BCUT2D eigenvalue weighted by molar-refractivity contribution is 0.787. The van der Waals surface area contributed by atoms with Gasteiger partial charge in [0.25, 0.3) is 0 Å². The van der Waals surface area contributed by atoms with Gasteiger partial charge in [-0.2, -0.15) is 0 Å². The molecule has 0 aromatic rings. The zero-order chi connectivity index (χ0) is 5.54. The lowest BCUT2D eigenvalue weighted by atomic mass is 10.3. The quantitative estimate of drug-likeness (QED) is 0.497. The van der Waals surface area contributed by atoms with Crippen LogP contribution >= 0.6 is 15.9 Å². The summed E-state index contributed by atoms with van der Waals surface area (Å²) in [5.41, 5.74) is 5.13. The number of hydrogen-bond acceptors (Lipinski definition) is 1. The van der Waals surface area contributed by atoms with Gasteiger partial charge in [0.1, 0.15) is 0 Å². The molecule has 2 heteroatoms. The molecule has 0 aromatic carbocycles. The number of rotatable bonds is 4. The molecule has 0 bridgehead atoms. The Kier molecular flexibility index (Phi) is 6.84. The predicted molar refractivity (Wildman–Crippen MR) is 36.1 cm³/mol. The zero-order valence-corrected chi connectivity index (χ0v) is 5.95. The van der Waals surface area contributed by atoms with Crippen LogP contribution in [0.5, 0.6) is 0 Å². The van der Waals surface area contributed by atoms with Crippen LogP contribution < -0.4 is 5.73 Å². The third-order valence-corrected chi connectivity index (χ3v) is 1.32. The third-order valence-electron chi connectivity index (χ3n) is 0.754. The van der Waals surface area contributed by atoms with E-state index in [0.717, 1.165) is 11.8 Å². The fourth-order valence-corrected chi connectivity index (χ4v) is 0.753. The van der Waals surface area contributed by atoms with Crippen LogP contribution in [0.25, 0.3) is 0 Å². The summed E-state index contributed by atoms with van der Waals surface area (Å²) in [6, 6.07) is 0. The predicted octanol–water partition coefficient (Wildman–Crippen LogP) is 1.67. The van der Waals surface area contributed by atoms with Gasteiger partial charge in [-0.05, 0) is 12.8 Å². The largest absolute Gasteiger partial charge is 0.326 e. The summed E-state index contributed by atoms with van der Waals surface area (Å²) < 4.78 is 0. The van der Waals surface area contributed by atoms with Crippen LogP contribution in [0.3, 0.4) is 0 Å². The second kappa shape index (κ2) is 6.44. The highest BCUT2D eigenvalue weighted by molar-refractivity contribution is 9.09. The summed E-state index contributed by atoms with van der Waals surface area (Å²) in [7, 11) is 0. The molecule has 1 nitrogen and oxygen atoms in total. The first-order valence-electron chi connectivity index (χ1n) is 2.51. The first-order valence-corrected chi connectivity index (χ1v) is 3.63. The second-order valence-corrected chi connectivity index (χ2v) is 2.21. The molecule has 0 aliphatic heterocycles. The maximum Gasteiger partial charge on any atom is 0.0192 e. The molecule has 0 saturated heterocycles. The van der Waals surface area contributed by atoms with Crippen molar-refractivity contribution in [2.45, 2.75) is 19.3 Å². The Morgan fingerprint density at radius 3 is 2.57 bits per heavy atom. The average molecular weight is 165 g/mol. The van der Waals surface area contributed by atoms with Gasteiger partial charge in [0.2, 0.25) is 0 Å². The normalized spacial score (nSPS) is 9.43. The highest BCUT2D eigenvalue weighted by Crippen LogP contribution is 1.97. The van der Waals surface area contributed by atoms with Crippen molar-refractivity contribution in [2.75, 3.05) is 5.33 Å². The molecule has 2 N–H and O–H groups in total. The van der Waals surface area contributed by atoms with Gasteiger partial charge in [0.15, 0.2) is 0 Å². The van der Waals surface area contributed by atoms with Crippen molar-refractivity contribution in [3.63, 3.8) is 0 Å². The van der Waals surface area contributed by atoms with Crippen molar-refractivity contribution in [1.29, 1.82) is 0 Å². The number of alkyl halides is 1. The summed E-state index contributed by atoms with van der Waals surface area (Å²) in [6.07, 6.45) is 3.49. The Balaban J connectivity index is 2.45. The van der Waals surface area contributed by atoms with E-state index in [1.165, 1.54) is 12.8 Å². The molecule has 0 unspecified atom stereocenters. The summed E-state index contributed by atoms with van der Waals surface area (Å²) in [5.74, 6) is 0. The molecule has 1 radical (unpaired) electrons. The first-order chi connectivity index (χ1) is 3.41. The summed E-state index contributed by atoms with van der Waals surface area (Å²) >= 11 is 3.32. The molecule has 0 spiro atoms. The molecule has 0 aliphatic carbocycles. The fraction of sp³-hybridized carbons (Fsp3) is 0.800. The van der Waals surface area contributed by atoms with E-state index >= 15 is 0 Å². The number of unbranched alkanes of at least 4 members (excludes halogenated alkanes) is 2. The van der Waals surface area contributed by atoms with Gasteiger partial charge in [-0.1, -0.05) is 22.4 Å². The van der Waals surface area contributed by atoms with Crippen LogP contribution in [0.1, 0.15) is 19.3 Å². The van der Waals surface area contributed by atoms with Crippen LogP contribution in [-0.2, 0) is 0 Å². The van der Waals surface area contributed by atoms with Crippen molar-refractivity contribution >= 4 is 15.9 Å². The van der Waals surface area contributed by atoms with Gasteiger partial charge in [0.05, 0.1) is 0 Å². The highest BCUT2D eigenvalue weighted by atomic mass is 79.9. The van der Waals surface area contributed by atoms with Gasteiger partial charge in [-0.3, -0.25) is 0 Å². The molecule has 43 valence electrons. The minimum absolute atomic E-state index is 1.05. The summed E-state index contributed by atoms with van der Waals surface area (Å²) in [6.45, 7) is 1.71. The van der Waals surface area contributed by atoms with E-state index in [0.29, 0.717) is 0 Å². The van der Waals surface area contributed by atoms with Gasteiger partial charge in [-0.15, -0.1) is 0 Å². The van der Waals surface area contributed by atoms with Crippen LogP contribution in [0.15, 0.2) is 0 Å². The van der Waals surface area contributed by atoms with E-state index in [4.69, 9.17) is 5.73 Å². The van der Waals surface area contributed by atoms with Gasteiger partial charge in [-0.25, -0.2) is 0 Å². The molecule has 7 heavy (non-hydrogen) atoms. The number of halogens is 1. The lowest BCUT2D eigenvalue weighted by Gasteiger charge is -1.89. The number of hydrogen-bond donors (Lipinski definition) is 1. The molecular formula is C5H11BrN. The Hall–Kier alpha value is 0.440. The van der Waals surface area contributed by atoms with Crippen molar-refractivity contribution in [1.82, 2.24) is 0 Å². The van der Waals surface area contributed by atoms with Crippen molar-refractivity contribution in [3.8, 4) is 0 Å². The molecule has 0 saturated carbocycles. The molecule has 0 fully saturated rings. The first kappa shape index (κ1) is 7.44. The van der Waals surface area contributed by atoms with Crippen molar-refractivity contribution in [3.05, 3.63) is 6.54 Å². The van der Waals surface area contributed by atoms with Gasteiger partial charge < -0.3 is 5.73 Å². The minimum Gasteiger partial charge on any atom is -0.326 e. The third kappa shape index (κ3) is 6.44. The Bertz CT molecular complexity index is 27.3. The minimum atomic E-state index is 1.05. The Labute approximate surface area is 53.4 Å². The Morgan fingerprint density at radius 1 is 1.43 bits per heavy atom. The molecule has 0 aromatic heterocycles. The molecule has 0 rings (SSSR count). The molecule has 0 heterocycles. The van der Waals surface area contributed by atoms with Crippen molar-refractivity contribution in [2.24, 2.45) is 5.73 Å². The zero-order valence-electron chi connectivity index (χ0n) is 4.36. The van der Waals surface area contributed by atoms with E-state index in [2.05, 4.69) is 15.9 Å². The molecule has 0 aliphatic rings. The maximum atomic E-state index is 5.13. The van der Waals surface area contributed by atoms with Crippen LogP contribution in [0, 0.1) is 6.54 Å². The van der Waals surface area contributed by atoms with E-state index in [1.807, 2.05) is 0 Å². The van der Waals surface area contributed by atoms with Gasteiger partial charge in [0, 0.05) is 11.9 Å². The summed E-state index contributed by atoms with van der Waals surface area (Å²) in [5, 5.41) is 1.10. The Morgan fingerprint density at radius 2 is 2.14 bits per heavy atom. The van der Waals surface area contributed by atoms with Crippen LogP contribution in [0.2, 0.25) is 0 Å². The lowest BCUT2D eigenvalue weighted by Crippen LogP contribution is -1.89.